The van der Waals surface area contributed by atoms with Gasteiger partial charge >= 0.3 is 0 Å². The van der Waals surface area contributed by atoms with E-state index < -0.39 is 0 Å². The van der Waals surface area contributed by atoms with Gasteiger partial charge in [-0.3, -0.25) is 19.3 Å². The summed E-state index contributed by atoms with van der Waals surface area (Å²) in [5.74, 6) is -0.307. The van der Waals surface area contributed by atoms with Gasteiger partial charge in [0.1, 0.15) is 0 Å². The summed E-state index contributed by atoms with van der Waals surface area (Å²) in [5.41, 5.74) is 8.21. The van der Waals surface area contributed by atoms with E-state index in [1.165, 1.54) is 0 Å². The van der Waals surface area contributed by atoms with Crippen LogP contribution in [0.2, 0.25) is 0 Å². The first-order valence-electron chi connectivity index (χ1n) is 10.9. The minimum atomic E-state index is -0.280. The second-order valence-electron chi connectivity index (χ2n) is 8.61. The molecule has 0 bridgehead atoms. The van der Waals surface area contributed by atoms with Gasteiger partial charge in [0.05, 0.1) is 0 Å². The summed E-state index contributed by atoms with van der Waals surface area (Å²) in [6, 6.07) is 8.19. The zero-order chi connectivity index (χ0) is 21.3. The summed E-state index contributed by atoms with van der Waals surface area (Å²) in [6.07, 6.45) is 2.82. The molecule has 1 aromatic heterocycles. The molecule has 2 aromatic rings. The molecule has 7 heteroatoms. The van der Waals surface area contributed by atoms with Gasteiger partial charge in [-0.15, -0.1) is 0 Å². The summed E-state index contributed by atoms with van der Waals surface area (Å²) in [4.78, 5) is 43.5. The van der Waals surface area contributed by atoms with E-state index in [9.17, 15) is 14.4 Å². The number of aromatic nitrogens is 1. The highest BCUT2D eigenvalue weighted by molar-refractivity contribution is 5.82. The van der Waals surface area contributed by atoms with E-state index in [4.69, 9.17) is 5.73 Å². The number of amides is 2. The molecule has 0 spiro atoms. The quantitative estimate of drug-likeness (QED) is 0.783. The maximum atomic E-state index is 12.8. The van der Waals surface area contributed by atoms with Crippen LogP contribution >= 0.6 is 0 Å². The number of H-pyrrole nitrogens is 1. The first-order chi connectivity index (χ1) is 14.4. The molecule has 7 nitrogen and oxygen atoms in total. The van der Waals surface area contributed by atoms with E-state index in [1.807, 2.05) is 17.9 Å². The van der Waals surface area contributed by atoms with Crippen LogP contribution in [0.5, 0.6) is 0 Å². The number of fused-ring (bicyclic) bond motifs is 1. The van der Waals surface area contributed by atoms with Gasteiger partial charge in [0.2, 0.25) is 11.8 Å². The van der Waals surface area contributed by atoms with Crippen LogP contribution in [-0.2, 0) is 22.6 Å². The highest BCUT2D eigenvalue weighted by Gasteiger charge is 2.35. The van der Waals surface area contributed by atoms with Gasteiger partial charge in [0.15, 0.2) is 0 Å². The maximum absolute atomic E-state index is 12.8. The molecule has 4 rings (SSSR count). The normalized spacial score (nSPS) is 22.5. The van der Waals surface area contributed by atoms with E-state index >= 15 is 0 Å². The van der Waals surface area contributed by atoms with Gasteiger partial charge in [0.25, 0.3) is 5.56 Å². The number of carbonyl (C=O) groups excluding carboxylic acids is 2. The Balaban J connectivity index is 1.34. The van der Waals surface area contributed by atoms with Gasteiger partial charge < -0.3 is 15.6 Å². The molecule has 2 heterocycles. The van der Waals surface area contributed by atoms with Crippen molar-refractivity contribution in [2.24, 2.45) is 17.6 Å². The topological polar surface area (TPSA) is 99.5 Å². The molecule has 160 valence electrons. The second kappa shape index (κ2) is 8.60. The first kappa shape index (κ1) is 20.6. The summed E-state index contributed by atoms with van der Waals surface area (Å²) < 4.78 is 0. The average Bonchev–Trinajstić information content (AvgIpc) is 3.24. The maximum Gasteiger partial charge on any atom is 0.251 e. The first-order valence-corrected chi connectivity index (χ1v) is 10.9. The molecule has 2 atom stereocenters. The van der Waals surface area contributed by atoms with E-state index in [0.717, 1.165) is 60.9 Å². The number of piperazine rings is 1. The SMILES string of the molecule is CCc1cc2ccc(CN3CCN(C(=O)C4CCC(C(N)=O)C4)CC3)cc2[nH]c1=O. The number of benzene rings is 1. The van der Waals surface area contributed by atoms with Crippen LogP contribution in [0.1, 0.15) is 37.3 Å². The van der Waals surface area contributed by atoms with Crippen molar-refractivity contribution in [2.75, 3.05) is 26.2 Å². The number of aromatic amines is 1. The molecule has 1 aliphatic carbocycles. The molecule has 1 saturated heterocycles. The van der Waals surface area contributed by atoms with Crippen molar-refractivity contribution in [3.05, 3.63) is 45.7 Å². The number of hydrogen-bond donors (Lipinski definition) is 2. The largest absolute Gasteiger partial charge is 0.369 e. The van der Waals surface area contributed by atoms with Crippen molar-refractivity contribution < 1.29 is 9.59 Å². The Bertz CT molecular complexity index is 1010. The Hall–Kier alpha value is -2.67. The molecule has 30 heavy (non-hydrogen) atoms. The minimum Gasteiger partial charge on any atom is -0.369 e. The summed E-state index contributed by atoms with van der Waals surface area (Å²) in [7, 11) is 0. The van der Waals surface area contributed by atoms with Crippen LogP contribution in [-0.4, -0.2) is 52.8 Å². The predicted octanol–water partition coefficient (Wildman–Crippen LogP) is 1.64. The number of rotatable bonds is 5. The predicted molar refractivity (Wildman–Crippen MR) is 116 cm³/mol. The zero-order valence-electron chi connectivity index (χ0n) is 17.5. The fourth-order valence-electron chi connectivity index (χ4n) is 4.76. The molecule has 2 fully saturated rings. The molecule has 1 aliphatic heterocycles. The van der Waals surface area contributed by atoms with E-state index in [1.54, 1.807) is 0 Å². The monoisotopic (exact) mass is 410 g/mol. The third kappa shape index (κ3) is 4.26. The number of nitrogens with two attached hydrogens (primary N) is 1. The molecule has 2 amide bonds. The molecular weight excluding hydrogens is 380 g/mol. The highest BCUT2D eigenvalue weighted by Crippen LogP contribution is 2.32. The lowest BCUT2D eigenvalue weighted by Gasteiger charge is -2.36. The highest BCUT2D eigenvalue weighted by atomic mass is 16.2. The lowest BCUT2D eigenvalue weighted by molar-refractivity contribution is -0.137. The molecule has 1 aromatic carbocycles. The van der Waals surface area contributed by atoms with Crippen LogP contribution in [0.3, 0.4) is 0 Å². The number of hydrogen-bond acceptors (Lipinski definition) is 4. The lowest BCUT2D eigenvalue weighted by Crippen LogP contribution is -2.49. The number of nitrogens with one attached hydrogen (secondary N) is 1. The van der Waals surface area contributed by atoms with Crippen LogP contribution in [0, 0.1) is 11.8 Å². The van der Waals surface area contributed by atoms with Crippen molar-refractivity contribution >= 4 is 22.7 Å². The molecule has 2 unspecified atom stereocenters. The van der Waals surface area contributed by atoms with Crippen LogP contribution in [0.25, 0.3) is 10.9 Å². The van der Waals surface area contributed by atoms with Crippen LogP contribution in [0.4, 0.5) is 0 Å². The average molecular weight is 411 g/mol. The number of carbonyl (C=O) groups is 2. The van der Waals surface area contributed by atoms with Crippen LogP contribution in [0.15, 0.2) is 29.1 Å². The Morgan fingerprint density at radius 2 is 1.83 bits per heavy atom. The number of aryl methyl sites for hydroxylation is 1. The standard InChI is InChI=1S/C23H30N4O3/c1-2-16-12-17-4-3-15(11-20(17)25-22(16)29)14-26-7-9-27(10-8-26)23(30)19-6-5-18(13-19)21(24)28/h3-4,11-12,18-19H,2,5-10,13-14H2,1H3,(H2,24,28)(H,25,29). The van der Waals surface area contributed by atoms with Gasteiger partial charge in [-0.05, 0) is 48.8 Å². The van der Waals surface area contributed by atoms with Gasteiger partial charge in [-0.2, -0.15) is 0 Å². The Morgan fingerprint density at radius 1 is 1.10 bits per heavy atom. The van der Waals surface area contributed by atoms with Crippen molar-refractivity contribution in [1.82, 2.24) is 14.8 Å². The molecule has 0 radical (unpaired) electrons. The van der Waals surface area contributed by atoms with Crippen LogP contribution < -0.4 is 11.3 Å². The van der Waals surface area contributed by atoms with Crippen molar-refractivity contribution in [2.45, 2.75) is 39.2 Å². The van der Waals surface area contributed by atoms with Gasteiger partial charge in [-0.1, -0.05) is 19.1 Å². The van der Waals surface area contributed by atoms with Gasteiger partial charge in [0, 0.05) is 55.6 Å². The number of pyridine rings is 1. The third-order valence-corrected chi connectivity index (χ3v) is 6.64. The summed E-state index contributed by atoms with van der Waals surface area (Å²) >= 11 is 0. The number of nitrogens with zero attached hydrogens (tertiary/aromatic N) is 2. The van der Waals surface area contributed by atoms with Crippen molar-refractivity contribution in [3.63, 3.8) is 0 Å². The van der Waals surface area contributed by atoms with E-state index in [0.29, 0.717) is 19.5 Å². The Morgan fingerprint density at radius 3 is 2.50 bits per heavy atom. The molecule has 3 N–H and O–H groups in total. The summed E-state index contributed by atoms with van der Waals surface area (Å²) in [5, 5.41) is 1.05. The van der Waals surface area contributed by atoms with Gasteiger partial charge in [-0.25, -0.2) is 0 Å². The lowest BCUT2D eigenvalue weighted by atomic mass is 10.0. The van der Waals surface area contributed by atoms with E-state index in [-0.39, 0.29) is 29.2 Å². The molecule has 2 aliphatic rings. The zero-order valence-corrected chi connectivity index (χ0v) is 17.5. The fraction of sp³-hybridized carbons (Fsp3) is 0.522. The Kier molecular flexibility index (Phi) is 5.90. The summed E-state index contributed by atoms with van der Waals surface area (Å²) in [6.45, 7) is 5.84. The smallest absolute Gasteiger partial charge is 0.251 e. The third-order valence-electron chi connectivity index (χ3n) is 6.64. The molecular formula is C23H30N4O3. The minimum absolute atomic E-state index is 0.0141. The number of primary amides is 1. The second-order valence-corrected chi connectivity index (χ2v) is 8.61. The van der Waals surface area contributed by atoms with Crippen molar-refractivity contribution in [3.8, 4) is 0 Å². The van der Waals surface area contributed by atoms with E-state index in [2.05, 4.69) is 28.1 Å². The molecule has 1 saturated carbocycles. The Labute approximate surface area is 176 Å². The fourth-order valence-corrected chi connectivity index (χ4v) is 4.76. The van der Waals surface area contributed by atoms with Crippen molar-refractivity contribution in [1.29, 1.82) is 0 Å².